The third kappa shape index (κ3) is 2.69. The molecule has 8 heteroatoms. The van der Waals surface area contributed by atoms with Gasteiger partial charge >= 0.3 is 0 Å². The SMILES string of the molecule is [N-]=[N+]=NC(CO)c1ccc(Br)c([N+](=O)[O-])c1. The number of nitro benzene ring substituents is 1. The van der Waals surface area contributed by atoms with Crippen LogP contribution in [0.15, 0.2) is 27.8 Å². The van der Waals surface area contributed by atoms with E-state index < -0.39 is 17.6 Å². The zero-order chi connectivity index (χ0) is 12.1. The summed E-state index contributed by atoms with van der Waals surface area (Å²) in [4.78, 5) is 12.7. The number of halogens is 1. The van der Waals surface area contributed by atoms with E-state index in [9.17, 15) is 10.1 Å². The minimum absolute atomic E-state index is 0.135. The molecule has 0 fully saturated rings. The Hall–Kier alpha value is -1.63. The number of aliphatic hydroxyl groups is 1. The standard InChI is InChI=1S/C8H7BrN4O3/c9-6-2-1-5(3-8(6)13(15)16)7(4-14)11-12-10/h1-3,7,14H,4H2. The van der Waals surface area contributed by atoms with Gasteiger partial charge in [0.2, 0.25) is 0 Å². The molecule has 0 aliphatic carbocycles. The maximum atomic E-state index is 10.7. The van der Waals surface area contributed by atoms with Gasteiger partial charge in [-0.3, -0.25) is 10.1 Å². The van der Waals surface area contributed by atoms with E-state index in [1.165, 1.54) is 12.1 Å². The molecule has 0 aliphatic rings. The Bertz CT molecular complexity index is 459. The summed E-state index contributed by atoms with van der Waals surface area (Å²) in [5.74, 6) is 0. The Kier molecular flexibility index (Phi) is 4.24. The second-order valence-corrected chi connectivity index (χ2v) is 3.73. The first kappa shape index (κ1) is 12.4. The molecule has 0 bridgehead atoms. The fraction of sp³-hybridized carbons (Fsp3) is 0.250. The summed E-state index contributed by atoms with van der Waals surface area (Å²) in [6.07, 6.45) is 0. The van der Waals surface area contributed by atoms with Gasteiger partial charge in [-0.15, -0.1) is 0 Å². The maximum Gasteiger partial charge on any atom is 0.283 e. The maximum absolute atomic E-state index is 10.7. The lowest BCUT2D eigenvalue weighted by molar-refractivity contribution is -0.385. The van der Waals surface area contributed by atoms with Crippen LogP contribution in [0.1, 0.15) is 11.6 Å². The largest absolute Gasteiger partial charge is 0.396 e. The van der Waals surface area contributed by atoms with Crippen LogP contribution in [-0.2, 0) is 0 Å². The number of rotatable bonds is 4. The molecule has 0 saturated carbocycles. The van der Waals surface area contributed by atoms with Crippen LogP contribution in [0, 0.1) is 10.1 Å². The van der Waals surface area contributed by atoms with Gasteiger partial charge in [0.05, 0.1) is 22.0 Å². The van der Waals surface area contributed by atoms with Gasteiger partial charge in [-0.25, -0.2) is 0 Å². The summed E-state index contributed by atoms with van der Waals surface area (Å²) in [5, 5.41) is 23.0. The first-order chi connectivity index (χ1) is 7.60. The van der Waals surface area contributed by atoms with Crippen LogP contribution in [0.4, 0.5) is 5.69 Å². The van der Waals surface area contributed by atoms with Crippen molar-refractivity contribution >= 4 is 21.6 Å². The number of hydrogen-bond acceptors (Lipinski definition) is 4. The van der Waals surface area contributed by atoms with Crippen LogP contribution in [-0.4, -0.2) is 16.6 Å². The van der Waals surface area contributed by atoms with Gasteiger partial charge in [0.15, 0.2) is 0 Å². The van der Waals surface area contributed by atoms with Crippen molar-refractivity contribution in [1.29, 1.82) is 0 Å². The molecule has 1 atom stereocenters. The third-order valence-electron chi connectivity index (χ3n) is 1.92. The van der Waals surface area contributed by atoms with Crippen molar-refractivity contribution < 1.29 is 10.0 Å². The average molecular weight is 287 g/mol. The fourth-order valence-electron chi connectivity index (χ4n) is 1.15. The van der Waals surface area contributed by atoms with Crippen molar-refractivity contribution in [1.82, 2.24) is 0 Å². The van der Waals surface area contributed by atoms with Crippen molar-refractivity contribution in [3.63, 3.8) is 0 Å². The Balaban J connectivity index is 3.20. The van der Waals surface area contributed by atoms with Crippen molar-refractivity contribution in [3.05, 3.63) is 48.8 Å². The minimum Gasteiger partial charge on any atom is -0.396 e. The van der Waals surface area contributed by atoms with Gasteiger partial charge in [0, 0.05) is 11.0 Å². The van der Waals surface area contributed by atoms with Crippen molar-refractivity contribution in [3.8, 4) is 0 Å². The first-order valence-electron chi connectivity index (χ1n) is 4.19. The monoisotopic (exact) mass is 286 g/mol. The number of hydrogen-bond donors (Lipinski definition) is 1. The molecular weight excluding hydrogens is 280 g/mol. The number of benzene rings is 1. The van der Waals surface area contributed by atoms with Crippen molar-refractivity contribution in [2.45, 2.75) is 6.04 Å². The van der Waals surface area contributed by atoms with Gasteiger partial charge in [-0.05, 0) is 33.1 Å². The molecule has 0 heterocycles. The Morgan fingerprint density at radius 3 is 2.88 bits per heavy atom. The highest BCUT2D eigenvalue weighted by Crippen LogP contribution is 2.29. The summed E-state index contributed by atoms with van der Waals surface area (Å²) in [5.41, 5.74) is 8.53. The fourth-order valence-corrected chi connectivity index (χ4v) is 1.54. The summed E-state index contributed by atoms with van der Waals surface area (Å²) in [7, 11) is 0. The topological polar surface area (TPSA) is 112 Å². The second kappa shape index (κ2) is 5.45. The summed E-state index contributed by atoms with van der Waals surface area (Å²) >= 11 is 3.03. The predicted octanol–water partition coefficient (Wildman–Crippen LogP) is 2.70. The number of nitro groups is 1. The van der Waals surface area contributed by atoms with E-state index in [0.717, 1.165) is 0 Å². The normalized spacial score (nSPS) is 11.6. The molecule has 0 spiro atoms. The highest BCUT2D eigenvalue weighted by atomic mass is 79.9. The summed E-state index contributed by atoms with van der Waals surface area (Å²) in [6.45, 7) is -0.400. The molecular formula is C8H7BrN4O3. The van der Waals surface area contributed by atoms with Crippen LogP contribution >= 0.6 is 15.9 Å². The lowest BCUT2D eigenvalue weighted by atomic mass is 10.1. The molecule has 1 aromatic rings. The highest BCUT2D eigenvalue weighted by molar-refractivity contribution is 9.10. The van der Waals surface area contributed by atoms with Crippen LogP contribution in [0.25, 0.3) is 10.4 Å². The molecule has 0 aliphatic heterocycles. The minimum atomic E-state index is -0.809. The second-order valence-electron chi connectivity index (χ2n) is 2.87. The van der Waals surface area contributed by atoms with E-state index in [1.807, 2.05) is 0 Å². The van der Waals surface area contributed by atoms with Gasteiger partial charge in [-0.2, -0.15) is 0 Å². The van der Waals surface area contributed by atoms with Crippen molar-refractivity contribution in [2.24, 2.45) is 5.11 Å². The van der Waals surface area contributed by atoms with Crippen LogP contribution in [0.2, 0.25) is 0 Å². The Labute approximate surface area is 98.6 Å². The Morgan fingerprint density at radius 1 is 1.69 bits per heavy atom. The molecule has 1 N–H and O–H groups in total. The molecule has 7 nitrogen and oxygen atoms in total. The predicted molar refractivity (Wildman–Crippen MR) is 59.8 cm³/mol. The van der Waals surface area contributed by atoms with Gasteiger partial charge < -0.3 is 5.11 Å². The molecule has 1 aromatic carbocycles. The van der Waals surface area contributed by atoms with Gasteiger partial charge in [-0.1, -0.05) is 11.2 Å². The molecule has 16 heavy (non-hydrogen) atoms. The number of aliphatic hydroxyl groups excluding tert-OH is 1. The quantitative estimate of drug-likeness (QED) is 0.302. The molecule has 0 saturated heterocycles. The van der Waals surface area contributed by atoms with Crippen LogP contribution in [0.5, 0.6) is 0 Å². The number of nitrogens with zero attached hydrogens (tertiary/aromatic N) is 4. The molecule has 84 valence electrons. The van der Waals surface area contributed by atoms with Crippen LogP contribution < -0.4 is 0 Å². The van der Waals surface area contributed by atoms with Crippen LogP contribution in [0.3, 0.4) is 0 Å². The van der Waals surface area contributed by atoms with E-state index in [0.29, 0.717) is 10.0 Å². The highest BCUT2D eigenvalue weighted by Gasteiger charge is 2.16. The lowest BCUT2D eigenvalue weighted by Crippen LogP contribution is -2.01. The zero-order valence-corrected chi connectivity index (χ0v) is 9.53. The number of azide groups is 1. The molecule has 0 aromatic heterocycles. The van der Waals surface area contributed by atoms with Crippen molar-refractivity contribution in [2.75, 3.05) is 6.61 Å². The van der Waals surface area contributed by atoms with E-state index in [1.54, 1.807) is 6.07 Å². The smallest absolute Gasteiger partial charge is 0.283 e. The molecule has 1 rings (SSSR count). The van der Waals surface area contributed by atoms with Gasteiger partial charge in [0.1, 0.15) is 0 Å². The molecule has 1 unspecified atom stereocenters. The Morgan fingerprint density at radius 2 is 2.38 bits per heavy atom. The van der Waals surface area contributed by atoms with E-state index in [4.69, 9.17) is 10.6 Å². The first-order valence-corrected chi connectivity index (χ1v) is 4.98. The van der Waals surface area contributed by atoms with E-state index in [2.05, 4.69) is 26.0 Å². The molecule has 0 amide bonds. The van der Waals surface area contributed by atoms with Gasteiger partial charge in [0.25, 0.3) is 5.69 Å². The van der Waals surface area contributed by atoms with E-state index >= 15 is 0 Å². The summed E-state index contributed by atoms with van der Waals surface area (Å²) in [6, 6.07) is 3.48. The zero-order valence-electron chi connectivity index (χ0n) is 7.95. The summed E-state index contributed by atoms with van der Waals surface area (Å²) < 4.78 is 0.332. The third-order valence-corrected chi connectivity index (χ3v) is 2.59. The molecule has 0 radical (unpaired) electrons. The van der Waals surface area contributed by atoms with E-state index in [-0.39, 0.29) is 5.69 Å². The average Bonchev–Trinajstić information content (AvgIpc) is 2.26. The lowest BCUT2D eigenvalue weighted by Gasteiger charge is -2.07.